The molecule has 0 aromatic carbocycles. The van der Waals surface area contributed by atoms with E-state index in [1.54, 1.807) is 24.5 Å². The molecule has 20 heavy (non-hydrogen) atoms. The van der Waals surface area contributed by atoms with Crippen LogP contribution >= 0.6 is 0 Å². The zero-order chi connectivity index (χ0) is 14.8. The summed E-state index contributed by atoms with van der Waals surface area (Å²) in [5.41, 5.74) is 1.09. The highest BCUT2D eigenvalue weighted by Gasteiger charge is 2.18. The number of carbonyl (C=O) groups excluding carboxylic acids is 1. The number of pyridine rings is 2. The van der Waals surface area contributed by atoms with Crippen molar-refractivity contribution in [2.45, 2.75) is 4.90 Å². The smallest absolute Gasteiger partial charge is 0.357 e. The minimum absolute atomic E-state index is 0.0389. The van der Waals surface area contributed by atoms with E-state index in [1.807, 2.05) is 0 Å². The first-order valence-electron chi connectivity index (χ1n) is 5.62. The van der Waals surface area contributed by atoms with Crippen LogP contribution in [0.25, 0.3) is 11.1 Å². The highest BCUT2D eigenvalue weighted by Crippen LogP contribution is 2.25. The summed E-state index contributed by atoms with van der Waals surface area (Å²) in [6.07, 6.45) is 5.32. The molecule has 0 aliphatic rings. The highest BCUT2D eigenvalue weighted by atomic mass is 32.2. The molecule has 104 valence electrons. The number of nitrogens with zero attached hydrogens (tertiary/aromatic N) is 2. The topological polar surface area (TPSA) is 86.2 Å². The number of esters is 1. The van der Waals surface area contributed by atoms with Crippen LogP contribution in [0, 0.1) is 0 Å². The minimum Gasteiger partial charge on any atom is -0.464 e. The molecule has 0 amide bonds. The van der Waals surface area contributed by atoms with Gasteiger partial charge >= 0.3 is 5.97 Å². The molecule has 0 saturated heterocycles. The van der Waals surface area contributed by atoms with Crippen molar-refractivity contribution in [2.75, 3.05) is 13.4 Å². The molecule has 2 aromatic rings. The molecule has 0 bridgehead atoms. The van der Waals surface area contributed by atoms with Gasteiger partial charge in [-0.2, -0.15) is 0 Å². The molecule has 2 aromatic heterocycles. The van der Waals surface area contributed by atoms with Gasteiger partial charge in [-0.25, -0.2) is 18.2 Å². The first kappa shape index (κ1) is 14.1. The van der Waals surface area contributed by atoms with E-state index in [-0.39, 0.29) is 10.6 Å². The van der Waals surface area contributed by atoms with Crippen molar-refractivity contribution in [1.29, 1.82) is 0 Å². The normalized spacial score (nSPS) is 11.1. The molecule has 0 spiro atoms. The molecule has 6 nitrogen and oxygen atoms in total. The van der Waals surface area contributed by atoms with E-state index in [9.17, 15) is 13.2 Å². The summed E-state index contributed by atoms with van der Waals surface area (Å²) in [4.78, 5) is 19.6. The lowest BCUT2D eigenvalue weighted by atomic mass is 10.1. The molecule has 0 atom stereocenters. The van der Waals surface area contributed by atoms with Crippen molar-refractivity contribution >= 4 is 15.8 Å². The number of aromatic nitrogens is 2. The van der Waals surface area contributed by atoms with E-state index in [2.05, 4.69) is 14.7 Å². The maximum Gasteiger partial charge on any atom is 0.357 e. The Morgan fingerprint density at radius 1 is 1.25 bits per heavy atom. The summed E-state index contributed by atoms with van der Waals surface area (Å²) < 4.78 is 27.9. The number of methoxy groups -OCH3 is 1. The zero-order valence-electron chi connectivity index (χ0n) is 10.9. The fourth-order valence-corrected chi connectivity index (χ4v) is 2.24. The zero-order valence-corrected chi connectivity index (χ0v) is 11.7. The molecule has 0 saturated carbocycles. The standard InChI is InChI=1S/C13H12N2O4S/c1-19-13(16)12-11(9-3-5-14-6-4-9)7-10(8-15-12)20(2,17)18/h3-8H,1-2H3. The van der Waals surface area contributed by atoms with E-state index in [0.717, 1.165) is 12.5 Å². The number of hydrogen-bond donors (Lipinski definition) is 0. The molecule has 2 heterocycles. The quantitative estimate of drug-likeness (QED) is 0.793. The van der Waals surface area contributed by atoms with Crippen molar-refractivity contribution in [3.8, 4) is 11.1 Å². The van der Waals surface area contributed by atoms with Crippen LogP contribution in [0.2, 0.25) is 0 Å². The van der Waals surface area contributed by atoms with Crippen molar-refractivity contribution in [3.05, 3.63) is 42.5 Å². The minimum atomic E-state index is -3.41. The third kappa shape index (κ3) is 2.83. The number of hydrogen-bond acceptors (Lipinski definition) is 6. The van der Waals surface area contributed by atoms with Gasteiger partial charge in [0.2, 0.25) is 0 Å². The molecule has 0 aliphatic heterocycles. The Kier molecular flexibility index (Phi) is 3.80. The molecular weight excluding hydrogens is 280 g/mol. The molecule has 0 fully saturated rings. The molecule has 0 radical (unpaired) electrons. The number of carbonyl (C=O) groups is 1. The van der Waals surface area contributed by atoms with E-state index < -0.39 is 15.8 Å². The van der Waals surface area contributed by atoms with E-state index in [0.29, 0.717) is 11.1 Å². The largest absolute Gasteiger partial charge is 0.464 e. The van der Waals surface area contributed by atoms with E-state index >= 15 is 0 Å². The summed E-state index contributed by atoms with van der Waals surface area (Å²) in [6.45, 7) is 0. The lowest BCUT2D eigenvalue weighted by Gasteiger charge is -2.08. The summed E-state index contributed by atoms with van der Waals surface area (Å²) in [7, 11) is -2.17. The van der Waals surface area contributed by atoms with E-state index in [1.165, 1.54) is 13.2 Å². The number of sulfone groups is 1. The first-order chi connectivity index (χ1) is 9.43. The molecule has 0 aliphatic carbocycles. The molecule has 7 heteroatoms. The van der Waals surface area contributed by atoms with Gasteiger partial charge in [0.05, 0.1) is 12.0 Å². The lowest BCUT2D eigenvalue weighted by molar-refractivity contribution is 0.0595. The van der Waals surface area contributed by atoms with Gasteiger partial charge in [0.15, 0.2) is 15.5 Å². The second-order valence-electron chi connectivity index (χ2n) is 4.07. The Labute approximate surface area is 116 Å². The third-order valence-corrected chi connectivity index (χ3v) is 3.74. The van der Waals surface area contributed by atoms with E-state index in [4.69, 9.17) is 0 Å². The fraction of sp³-hybridized carbons (Fsp3) is 0.154. The molecule has 0 N–H and O–H groups in total. The van der Waals surface area contributed by atoms with Crippen molar-refractivity contribution < 1.29 is 17.9 Å². The Balaban J connectivity index is 2.70. The Morgan fingerprint density at radius 2 is 1.90 bits per heavy atom. The molecule has 2 rings (SSSR count). The van der Waals surface area contributed by atoms with Crippen LogP contribution < -0.4 is 0 Å². The summed E-state index contributed by atoms with van der Waals surface area (Å²) in [5, 5.41) is 0. The predicted octanol–water partition coefficient (Wildman–Crippen LogP) is 1.33. The maximum atomic E-state index is 11.7. The van der Waals surface area contributed by atoms with Crippen molar-refractivity contribution in [3.63, 3.8) is 0 Å². The highest BCUT2D eigenvalue weighted by molar-refractivity contribution is 7.90. The van der Waals surface area contributed by atoms with Gasteiger partial charge in [0.25, 0.3) is 0 Å². The van der Waals surface area contributed by atoms with Gasteiger partial charge in [-0.1, -0.05) is 0 Å². The Bertz CT molecular complexity index is 742. The van der Waals surface area contributed by atoms with Gasteiger partial charge in [-0.05, 0) is 23.8 Å². The van der Waals surface area contributed by atoms with Crippen molar-refractivity contribution in [1.82, 2.24) is 9.97 Å². The van der Waals surface area contributed by atoms with Crippen molar-refractivity contribution in [2.24, 2.45) is 0 Å². The number of ether oxygens (including phenoxy) is 1. The third-order valence-electron chi connectivity index (χ3n) is 2.66. The second-order valence-corrected chi connectivity index (χ2v) is 6.08. The Morgan fingerprint density at radius 3 is 2.45 bits per heavy atom. The summed E-state index contributed by atoms with van der Waals surface area (Å²) in [6, 6.07) is 4.73. The van der Waals surface area contributed by atoms with Gasteiger partial charge in [-0.3, -0.25) is 4.98 Å². The lowest BCUT2D eigenvalue weighted by Crippen LogP contribution is -2.09. The van der Waals surface area contributed by atoms with Gasteiger partial charge < -0.3 is 4.74 Å². The van der Waals surface area contributed by atoms with Gasteiger partial charge in [0.1, 0.15) is 0 Å². The first-order valence-corrected chi connectivity index (χ1v) is 7.51. The fourth-order valence-electron chi connectivity index (χ4n) is 1.66. The van der Waals surface area contributed by atoms with Gasteiger partial charge in [-0.15, -0.1) is 0 Å². The average molecular weight is 292 g/mol. The van der Waals surface area contributed by atoms with Crippen LogP contribution in [-0.2, 0) is 14.6 Å². The molecule has 0 unspecified atom stereocenters. The van der Waals surface area contributed by atoms with Crippen LogP contribution in [0.4, 0.5) is 0 Å². The summed E-state index contributed by atoms with van der Waals surface area (Å²) in [5.74, 6) is -0.628. The second kappa shape index (κ2) is 5.38. The summed E-state index contributed by atoms with van der Waals surface area (Å²) >= 11 is 0. The van der Waals surface area contributed by atoms with Crippen LogP contribution in [0.3, 0.4) is 0 Å². The Hall–Kier alpha value is -2.28. The van der Waals surface area contributed by atoms with Gasteiger partial charge in [0, 0.05) is 30.4 Å². The monoisotopic (exact) mass is 292 g/mol. The SMILES string of the molecule is COC(=O)c1ncc(S(C)(=O)=O)cc1-c1ccncc1. The predicted molar refractivity (Wildman–Crippen MR) is 71.9 cm³/mol. The van der Waals surface area contributed by atoms with Crippen LogP contribution in [0.5, 0.6) is 0 Å². The number of rotatable bonds is 3. The van der Waals surface area contributed by atoms with Crippen LogP contribution in [-0.4, -0.2) is 37.7 Å². The average Bonchev–Trinajstić information content (AvgIpc) is 2.46. The maximum absolute atomic E-state index is 11.7. The van der Waals surface area contributed by atoms with Crippen LogP contribution in [0.1, 0.15) is 10.5 Å². The molecular formula is C13H12N2O4S. The van der Waals surface area contributed by atoms with Crippen LogP contribution in [0.15, 0.2) is 41.7 Å².